The van der Waals surface area contributed by atoms with E-state index < -0.39 is 11.9 Å². The van der Waals surface area contributed by atoms with Crippen LogP contribution in [0.5, 0.6) is 0 Å². The SMILES string of the molecule is Cc1cc(C(=O)OCCC(=O)O)ccc1N. The molecule has 0 aliphatic carbocycles. The Morgan fingerprint density at radius 3 is 2.69 bits per heavy atom. The Balaban J connectivity index is 2.59. The van der Waals surface area contributed by atoms with Crippen LogP contribution in [0.4, 0.5) is 5.69 Å². The molecule has 0 heterocycles. The fraction of sp³-hybridized carbons (Fsp3) is 0.273. The lowest BCUT2D eigenvalue weighted by atomic mass is 10.1. The predicted octanol–water partition coefficient (Wildman–Crippen LogP) is 1.21. The van der Waals surface area contributed by atoms with Crippen LogP contribution in [0.15, 0.2) is 18.2 Å². The van der Waals surface area contributed by atoms with Crippen LogP contribution in [0.2, 0.25) is 0 Å². The maximum Gasteiger partial charge on any atom is 0.338 e. The highest BCUT2D eigenvalue weighted by atomic mass is 16.5. The van der Waals surface area contributed by atoms with Crippen LogP contribution in [0.25, 0.3) is 0 Å². The molecule has 5 heteroatoms. The third kappa shape index (κ3) is 3.27. The third-order valence-corrected chi connectivity index (χ3v) is 2.05. The van der Waals surface area contributed by atoms with Crippen molar-refractivity contribution in [3.05, 3.63) is 29.3 Å². The highest BCUT2D eigenvalue weighted by Crippen LogP contribution is 2.13. The lowest BCUT2D eigenvalue weighted by molar-refractivity contribution is -0.137. The standard InChI is InChI=1S/C11H13NO4/c1-7-6-8(2-3-9(7)12)11(15)16-5-4-10(13)14/h2-3,6H,4-5,12H2,1H3,(H,13,14). The van der Waals surface area contributed by atoms with Gasteiger partial charge in [0.1, 0.15) is 6.61 Å². The number of hydrogen-bond acceptors (Lipinski definition) is 4. The molecule has 16 heavy (non-hydrogen) atoms. The van der Waals surface area contributed by atoms with E-state index in [1.54, 1.807) is 25.1 Å². The van der Waals surface area contributed by atoms with E-state index in [4.69, 9.17) is 15.6 Å². The van der Waals surface area contributed by atoms with Crippen molar-refractivity contribution in [1.82, 2.24) is 0 Å². The summed E-state index contributed by atoms with van der Waals surface area (Å²) in [6.45, 7) is 1.65. The second-order valence-electron chi connectivity index (χ2n) is 3.35. The first kappa shape index (κ1) is 12.0. The largest absolute Gasteiger partial charge is 0.481 e. The third-order valence-electron chi connectivity index (χ3n) is 2.05. The maximum atomic E-state index is 11.4. The van der Waals surface area contributed by atoms with Gasteiger partial charge >= 0.3 is 11.9 Å². The van der Waals surface area contributed by atoms with E-state index in [1.807, 2.05) is 0 Å². The Hall–Kier alpha value is -2.04. The lowest BCUT2D eigenvalue weighted by Crippen LogP contribution is -2.10. The van der Waals surface area contributed by atoms with Gasteiger partial charge in [0.15, 0.2) is 0 Å². The normalized spacial score (nSPS) is 9.81. The zero-order chi connectivity index (χ0) is 12.1. The van der Waals surface area contributed by atoms with E-state index >= 15 is 0 Å². The van der Waals surface area contributed by atoms with Gasteiger partial charge in [0.2, 0.25) is 0 Å². The number of anilines is 1. The van der Waals surface area contributed by atoms with Crippen LogP contribution >= 0.6 is 0 Å². The van der Waals surface area contributed by atoms with Crippen LogP contribution < -0.4 is 5.73 Å². The van der Waals surface area contributed by atoms with Crippen molar-refractivity contribution in [3.8, 4) is 0 Å². The van der Waals surface area contributed by atoms with Gasteiger partial charge in [-0.2, -0.15) is 0 Å². The van der Waals surface area contributed by atoms with Gasteiger partial charge in [-0.1, -0.05) is 0 Å². The van der Waals surface area contributed by atoms with Gasteiger partial charge in [0.25, 0.3) is 0 Å². The summed E-state index contributed by atoms with van der Waals surface area (Å²) in [5.41, 5.74) is 7.36. The summed E-state index contributed by atoms with van der Waals surface area (Å²) >= 11 is 0. The fourth-order valence-electron chi connectivity index (χ4n) is 1.12. The predicted molar refractivity (Wildman–Crippen MR) is 58.1 cm³/mol. The molecule has 0 saturated carbocycles. The Labute approximate surface area is 92.8 Å². The first-order chi connectivity index (χ1) is 7.50. The zero-order valence-electron chi connectivity index (χ0n) is 8.90. The fourth-order valence-corrected chi connectivity index (χ4v) is 1.12. The van der Waals surface area contributed by atoms with Crippen LogP contribution in [0.3, 0.4) is 0 Å². The second-order valence-corrected chi connectivity index (χ2v) is 3.35. The molecule has 0 saturated heterocycles. The monoisotopic (exact) mass is 223 g/mol. The van der Waals surface area contributed by atoms with Gasteiger partial charge in [0, 0.05) is 5.69 Å². The number of rotatable bonds is 4. The number of nitrogens with two attached hydrogens (primary N) is 1. The number of carboxylic acids is 1. The number of carbonyl (C=O) groups excluding carboxylic acids is 1. The molecule has 86 valence electrons. The second kappa shape index (κ2) is 5.16. The zero-order valence-corrected chi connectivity index (χ0v) is 8.90. The molecule has 0 radical (unpaired) electrons. The van der Waals surface area contributed by atoms with Crippen molar-refractivity contribution < 1.29 is 19.4 Å². The highest BCUT2D eigenvalue weighted by Gasteiger charge is 2.08. The van der Waals surface area contributed by atoms with Gasteiger partial charge in [0.05, 0.1) is 12.0 Å². The quantitative estimate of drug-likeness (QED) is 0.591. The number of benzene rings is 1. The molecule has 0 bridgehead atoms. The minimum Gasteiger partial charge on any atom is -0.481 e. The first-order valence-electron chi connectivity index (χ1n) is 4.75. The Bertz CT molecular complexity index is 414. The van der Waals surface area contributed by atoms with E-state index in [1.165, 1.54) is 0 Å². The maximum absolute atomic E-state index is 11.4. The number of aliphatic carboxylic acids is 1. The molecule has 0 unspecified atom stereocenters. The summed E-state index contributed by atoms with van der Waals surface area (Å²) in [6, 6.07) is 4.77. The van der Waals surface area contributed by atoms with Crippen molar-refractivity contribution in [3.63, 3.8) is 0 Å². The molecule has 1 rings (SSSR count). The van der Waals surface area contributed by atoms with Gasteiger partial charge < -0.3 is 15.6 Å². The van der Waals surface area contributed by atoms with Crippen LogP contribution in [0.1, 0.15) is 22.3 Å². The van der Waals surface area contributed by atoms with E-state index in [0.717, 1.165) is 5.56 Å². The highest BCUT2D eigenvalue weighted by molar-refractivity contribution is 5.90. The number of ether oxygens (including phenoxy) is 1. The molecule has 0 aliphatic heterocycles. The Morgan fingerprint density at radius 1 is 1.44 bits per heavy atom. The van der Waals surface area contributed by atoms with E-state index in [2.05, 4.69) is 0 Å². The van der Waals surface area contributed by atoms with Crippen molar-refractivity contribution in [1.29, 1.82) is 0 Å². The van der Waals surface area contributed by atoms with Gasteiger partial charge in [-0.3, -0.25) is 4.79 Å². The van der Waals surface area contributed by atoms with E-state index in [9.17, 15) is 9.59 Å². The first-order valence-corrected chi connectivity index (χ1v) is 4.75. The molecule has 1 aromatic carbocycles. The van der Waals surface area contributed by atoms with Crippen LogP contribution in [-0.4, -0.2) is 23.7 Å². The summed E-state index contributed by atoms with van der Waals surface area (Å²) < 4.78 is 4.77. The lowest BCUT2D eigenvalue weighted by Gasteiger charge is -2.05. The molecule has 0 spiro atoms. The molecule has 0 atom stereocenters. The summed E-state index contributed by atoms with van der Waals surface area (Å²) in [6.07, 6.45) is -0.195. The van der Waals surface area contributed by atoms with Crippen molar-refractivity contribution in [2.75, 3.05) is 12.3 Å². The average Bonchev–Trinajstić information content (AvgIpc) is 2.21. The van der Waals surface area contributed by atoms with Crippen molar-refractivity contribution >= 4 is 17.6 Å². The molecule has 0 amide bonds. The summed E-state index contributed by atoms with van der Waals surface area (Å²) in [5.74, 6) is -1.54. The summed E-state index contributed by atoms with van der Waals surface area (Å²) in [7, 11) is 0. The number of hydrogen-bond donors (Lipinski definition) is 2. The van der Waals surface area contributed by atoms with Gasteiger partial charge in [-0.05, 0) is 30.7 Å². The van der Waals surface area contributed by atoms with Crippen LogP contribution in [-0.2, 0) is 9.53 Å². The van der Waals surface area contributed by atoms with Gasteiger partial charge in [-0.15, -0.1) is 0 Å². The summed E-state index contributed by atoms with van der Waals surface area (Å²) in [5, 5.41) is 8.37. The topological polar surface area (TPSA) is 89.6 Å². The Morgan fingerprint density at radius 2 is 2.12 bits per heavy atom. The molecular formula is C11H13NO4. The van der Waals surface area contributed by atoms with Crippen molar-refractivity contribution in [2.24, 2.45) is 0 Å². The molecule has 0 aliphatic rings. The molecule has 5 nitrogen and oxygen atoms in total. The molecule has 0 aromatic heterocycles. The van der Waals surface area contributed by atoms with E-state index in [-0.39, 0.29) is 13.0 Å². The average molecular weight is 223 g/mol. The number of carbonyl (C=O) groups is 2. The van der Waals surface area contributed by atoms with Crippen molar-refractivity contribution in [2.45, 2.75) is 13.3 Å². The number of esters is 1. The summed E-state index contributed by atoms with van der Waals surface area (Å²) in [4.78, 5) is 21.6. The minimum absolute atomic E-state index is 0.127. The van der Waals surface area contributed by atoms with E-state index in [0.29, 0.717) is 11.3 Å². The smallest absolute Gasteiger partial charge is 0.338 e. The van der Waals surface area contributed by atoms with Crippen LogP contribution in [0, 0.1) is 6.92 Å². The number of carboxylic acid groups (broad SMARTS) is 1. The molecular weight excluding hydrogens is 210 g/mol. The minimum atomic E-state index is -0.999. The number of aryl methyl sites for hydroxylation is 1. The number of nitrogen functional groups attached to an aromatic ring is 1. The van der Waals surface area contributed by atoms with Gasteiger partial charge in [-0.25, -0.2) is 4.79 Å². The molecule has 3 N–H and O–H groups in total. The molecule has 1 aromatic rings. The molecule has 0 fully saturated rings. The Kier molecular flexibility index (Phi) is 3.88.